The van der Waals surface area contributed by atoms with Gasteiger partial charge in [-0.2, -0.15) is 13.2 Å². The van der Waals surface area contributed by atoms with E-state index in [2.05, 4.69) is 25.3 Å². The van der Waals surface area contributed by atoms with Crippen LogP contribution >= 0.6 is 0 Å². The minimum atomic E-state index is -4.21. The molecule has 4 rings (SSSR count). The zero-order chi connectivity index (χ0) is 21.3. The van der Waals surface area contributed by atoms with E-state index in [0.29, 0.717) is 42.7 Å². The maximum Gasteiger partial charge on any atom is 0.401 e. The van der Waals surface area contributed by atoms with Gasteiger partial charge in [0, 0.05) is 30.7 Å². The van der Waals surface area contributed by atoms with Crippen molar-refractivity contribution in [1.82, 2.24) is 34.7 Å². The van der Waals surface area contributed by atoms with Crippen LogP contribution in [0.3, 0.4) is 0 Å². The van der Waals surface area contributed by atoms with Crippen molar-refractivity contribution in [2.45, 2.75) is 43.9 Å². The topological polar surface area (TPSA) is 91.7 Å². The van der Waals surface area contributed by atoms with Crippen molar-refractivity contribution in [1.29, 1.82) is 0 Å². The first-order valence-electron chi connectivity index (χ1n) is 9.71. The van der Waals surface area contributed by atoms with Crippen LogP contribution in [0.1, 0.15) is 36.2 Å². The Kier molecular flexibility index (Phi) is 5.46. The van der Waals surface area contributed by atoms with E-state index in [-0.39, 0.29) is 23.7 Å². The minimum Gasteiger partial charge on any atom is -0.358 e. The Balaban J connectivity index is 1.44. The number of carbonyl (C=O) groups excluding carboxylic acids is 1. The maximum absolute atomic E-state index is 12.9. The van der Waals surface area contributed by atoms with Crippen molar-refractivity contribution >= 4 is 16.9 Å². The molecule has 0 aliphatic heterocycles. The summed E-state index contributed by atoms with van der Waals surface area (Å²) in [6, 6.07) is 1.52. The van der Waals surface area contributed by atoms with Gasteiger partial charge < -0.3 is 10.3 Å². The fourth-order valence-corrected chi connectivity index (χ4v) is 3.92. The number of imidazole rings is 1. The summed E-state index contributed by atoms with van der Waals surface area (Å²) >= 11 is 0. The summed E-state index contributed by atoms with van der Waals surface area (Å²) in [4.78, 5) is 30.1. The van der Waals surface area contributed by atoms with E-state index in [1.807, 2.05) is 0 Å². The molecule has 30 heavy (non-hydrogen) atoms. The molecule has 1 aliphatic carbocycles. The summed E-state index contributed by atoms with van der Waals surface area (Å²) in [7, 11) is 1.50. The van der Waals surface area contributed by atoms with Gasteiger partial charge in [-0.05, 0) is 38.8 Å². The van der Waals surface area contributed by atoms with E-state index in [0.717, 1.165) is 0 Å². The van der Waals surface area contributed by atoms with Crippen molar-refractivity contribution in [2.24, 2.45) is 0 Å². The molecule has 0 aromatic carbocycles. The number of H-pyrrole nitrogens is 1. The number of fused-ring (bicyclic) bond motifs is 1. The van der Waals surface area contributed by atoms with Gasteiger partial charge in [0.15, 0.2) is 5.69 Å². The van der Waals surface area contributed by atoms with Gasteiger partial charge in [-0.15, -0.1) is 0 Å². The van der Waals surface area contributed by atoms with Gasteiger partial charge in [-0.1, -0.05) is 0 Å². The molecule has 3 aromatic heterocycles. The molecule has 0 bridgehead atoms. The number of hydrogen-bond acceptors (Lipinski definition) is 5. The van der Waals surface area contributed by atoms with E-state index in [9.17, 15) is 18.0 Å². The molecule has 1 aliphatic rings. The molecule has 0 saturated heterocycles. The van der Waals surface area contributed by atoms with E-state index in [1.54, 1.807) is 35.6 Å². The highest BCUT2D eigenvalue weighted by molar-refractivity contribution is 6.03. The van der Waals surface area contributed by atoms with Gasteiger partial charge >= 0.3 is 6.18 Å². The van der Waals surface area contributed by atoms with Crippen LogP contribution in [0, 0.1) is 0 Å². The lowest BCUT2D eigenvalue weighted by molar-refractivity contribution is -0.148. The van der Waals surface area contributed by atoms with Gasteiger partial charge in [0.05, 0.1) is 17.6 Å². The summed E-state index contributed by atoms with van der Waals surface area (Å²) in [6.07, 6.45) is 4.74. The number of nitrogens with one attached hydrogen (secondary N) is 2. The van der Waals surface area contributed by atoms with Crippen LogP contribution in [0.2, 0.25) is 0 Å². The number of hydrogen-bond donors (Lipinski definition) is 2. The smallest absolute Gasteiger partial charge is 0.358 e. The first-order chi connectivity index (χ1) is 14.3. The average molecular weight is 421 g/mol. The predicted molar refractivity (Wildman–Crippen MR) is 103 cm³/mol. The highest BCUT2D eigenvalue weighted by atomic mass is 19.4. The SMILES string of the molecule is CN(CC(F)(F)F)[C@H]1CC[C@@H](NC(=O)c2nc(-n3ccnc3)nc3cc[nH]c23)CC1. The van der Waals surface area contributed by atoms with Crippen LogP contribution in [0.25, 0.3) is 17.0 Å². The number of amides is 1. The number of rotatable bonds is 5. The number of nitrogens with zero attached hydrogens (tertiary/aromatic N) is 5. The van der Waals surface area contributed by atoms with Gasteiger partial charge in [-0.25, -0.2) is 15.0 Å². The van der Waals surface area contributed by atoms with Gasteiger partial charge in [0.25, 0.3) is 5.91 Å². The summed E-state index contributed by atoms with van der Waals surface area (Å²) in [5.41, 5.74) is 1.37. The number of halogens is 3. The summed E-state index contributed by atoms with van der Waals surface area (Å²) in [5.74, 6) is 0.000505. The first-order valence-corrected chi connectivity index (χ1v) is 9.71. The largest absolute Gasteiger partial charge is 0.401 e. The molecular formula is C19H22F3N7O. The molecule has 3 aromatic rings. The quantitative estimate of drug-likeness (QED) is 0.661. The third kappa shape index (κ3) is 4.45. The van der Waals surface area contributed by atoms with Crippen LogP contribution in [-0.2, 0) is 0 Å². The highest BCUT2D eigenvalue weighted by Gasteiger charge is 2.34. The van der Waals surface area contributed by atoms with Crippen LogP contribution in [0.5, 0.6) is 0 Å². The predicted octanol–water partition coefficient (Wildman–Crippen LogP) is 2.68. The summed E-state index contributed by atoms with van der Waals surface area (Å²) < 4.78 is 39.5. The molecule has 0 radical (unpaired) electrons. The Morgan fingerprint density at radius 1 is 1.30 bits per heavy atom. The van der Waals surface area contributed by atoms with E-state index in [1.165, 1.54) is 11.9 Å². The minimum absolute atomic E-state index is 0.107. The zero-order valence-corrected chi connectivity index (χ0v) is 16.4. The molecule has 1 saturated carbocycles. The van der Waals surface area contributed by atoms with Crippen LogP contribution < -0.4 is 5.32 Å². The molecule has 2 N–H and O–H groups in total. The third-order valence-electron chi connectivity index (χ3n) is 5.43. The lowest BCUT2D eigenvalue weighted by atomic mass is 9.90. The second-order valence-electron chi connectivity index (χ2n) is 7.59. The fourth-order valence-electron chi connectivity index (χ4n) is 3.92. The normalized spacial score (nSPS) is 20.0. The number of alkyl halides is 3. The van der Waals surface area contributed by atoms with Crippen molar-refractivity contribution in [3.8, 4) is 5.95 Å². The molecule has 3 heterocycles. The summed E-state index contributed by atoms with van der Waals surface area (Å²) in [5, 5.41) is 2.98. The van der Waals surface area contributed by atoms with E-state index in [4.69, 9.17) is 0 Å². The monoisotopic (exact) mass is 421 g/mol. The molecule has 1 amide bonds. The summed E-state index contributed by atoms with van der Waals surface area (Å²) in [6.45, 7) is -0.919. The van der Waals surface area contributed by atoms with Crippen molar-refractivity contribution in [2.75, 3.05) is 13.6 Å². The molecule has 0 spiro atoms. The van der Waals surface area contributed by atoms with Crippen LogP contribution in [0.4, 0.5) is 13.2 Å². The first kappa shape index (κ1) is 20.3. The number of aromatic nitrogens is 5. The molecule has 1 fully saturated rings. The molecule has 8 nitrogen and oxygen atoms in total. The average Bonchev–Trinajstić information content (AvgIpc) is 3.38. The Labute approximate surface area is 170 Å². The van der Waals surface area contributed by atoms with Gasteiger partial charge in [0.2, 0.25) is 5.95 Å². The Morgan fingerprint density at radius 3 is 2.73 bits per heavy atom. The second-order valence-corrected chi connectivity index (χ2v) is 7.59. The molecule has 0 atom stereocenters. The maximum atomic E-state index is 12.9. The fraction of sp³-hybridized carbons (Fsp3) is 0.474. The standard InChI is InChI=1S/C19H22F3N7O/c1-28(10-19(20,21)22)13-4-2-12(3-5-13)25-17(30)16-15-14(6-7-24-15)26-18(27-16)29-9-8-23-11-29/h6-9,11-13,24H,2-5,10H2,1H3,(H,25,30)/t12-,13+. The van der Waals surface area contributed by atoms with Crippen LogP contribution in [0.15, 0.2) is 31.0 Å². The number of carbonyl (C=O) groups is 1. The van der Waals surface area contributed by atoms with E-state index < -0.39 is 12.7 Å². The second kappa shape index (κ2) is 8.05. The van der Waals surface area contributed by atoms with Crippen molar-refractivity contribution < 1.29 is 18.0 Å². The lowest BCUT2D eigenvalue weighted by Crippen LogP contribution is -2.45. The number of aromatic amines is 1. The Morgan fingerprint density at radius 2 is 2.07 bits per heavy atom. The molecule has 160 valence electrons. The molecular weight excluding hydrogens is 399 g/mol. The van der Waals surface area contributed by atoms with Crippen molar-refractivity contribution in [3.63, 3.8) is 0 Å². The van der Waals surface area contributed by atoms with Crippen LogP contribution in [-0.4, -0.2) is 67.2 Å². The molecule has 0 unspecified atom stereocenters. The molecule has 11 heteroatoms. The van der Waals surface area contributed by atoms with E-state index >= 15 is 0 Å². The zero-order valence-electron chi connectivity index (χ0n) is 16.4. The van der Waals surface area contributed by atoms with Crippen molar-refractivity contribution in [3.05, 3.63) is 36.7 Å². The Hall–Kier alpha value is -2.95. The van der Waals surface area contributed by atoms with Gasteiger partial charge in [-0.3, -0.25) is 14.3 Å². The Bertz CT molecular complexity index is 1010. The third-order valence-corrected chi connectivity index (χ3v) is 5.43. The highest BCUT2D eigenvalue weighted by Crippen LogP contribution is 2.26. The van der Waals surface area contributed by atoms with Gasteiger partial charge in [0.1, 0.15) is 6.33 Å². The lowest BCUT2D eigenvalue weighted by Gasteiger charge is -2.35.